The lowest BCUT2D eigenvalue weighted by molar-refractivity contribution is -0.146. The van der Waals surface area contributed by atoms with Crippen molar-refractivity contribution in [2.45, 2.75) is 12.5 Å². The van der Waals surface area contributed by atoms with Gasteiger partial charge in [-0.25, -0.2) is 9.18 Å². The molecular weight excluding hydrogens is 265 g/mol. The van der Waals surface area contributed by atoms with E-state index in [-0.39, 0.29) is 23.6 Å². The molecule has 0 aliphatic rings. The summed E-state index contributed by atoms with van der Waals surface area (Å²) in [6.45, 7) is -0.0750. The number of aliphatic hydroxyl groups excluding tert-OH is 1. The van der Waals surface area contributed by atoms with E-state index in [2.05, 4.69) is 5.32 Å². The third-order valence-electron chi connectivity index (χ3n) is 2.16. The fraction of sp³-hybridized carbons (Fsp3) is 0.273. The minimum Gasteiger partial charge on any atom is -0.479 e. The molecule has 0 fully saturated rings. The van der Waals surface area contributed by atoms with Gasteiger partial charge in [0.25, 0.3) is 5.91 Å². The molecule has 1 aromatic carbocycles. The summed E-state index contributed by atoms with van der Waals surface area (Å²) >= 11 is 5.53. The van der Waals surface area contributed by atoms with Crippen molar-refractivity contribution in [3.63, 3.8) is 0 Å². The van der Waals surface area contributed by atoms with Crippen LogP contribution in [0, 0.1) is 5.82 Å². The van der Waals surface area contributed by atoms with Crippen molar-refractivity contribution in [2.75, 3.05) is 6.54 Å². The second-order valence-electron chi connectivity index (χ2n) is 3.52. The molecule has 0 saturated heterocycles. The monoisotopic (exact) mass is 275 g/mol. The minimum absolute atomic E-state index is 0.0750. The molecule has 1 aromatic rings. The molecule has 0 saturated carbocycles. The quantitative estimate of drug-likeness (QED) is 0.749. The van der Waals surface area contributed by atoms with E-state index < -0.39 is 23.8 Å². The summed E-state index contributed by atoms with van der Waals surface area (Å²) < 4.78 is 13.3. The fourth-order valence-electron chi connectivity index (χ4n) is 1.21. The second-order valence-corrected chi connectivity index (χ2v) is 3.96. The molecule has 0 aliphatic heterocycles. The number of rotatable bonds is 5. The van der Waals surface area contributed by atoms with Crippen LogP contribution in [0.1, 0.15) is 16.8 Å². The number of aliphatic hydroxyl groups is 1. The first-order valence-corrected chi connectivity index (χ1v) is 5.43. The van der Waals surface area contributed by atoms with E-state index >= 15 is 0 Å². The van der Waals surface area contributed by atoms with Crippen molar-refractivity contribution in [1.82, 2.24) is 5.32 Å². The predicted octanol–water partition coefficient (Wildman–Crippen LogP) is 1.04. The maximum atomic E-state index is 13.3. The average molecular weight is 276 g/mol. The summed E-state index contributed by atoms with van der Waals surface area (Å²) in [6.07, 6.45) is -1.71. The first-order chi connectivity index (χ1) is 8.41. The van der Waals surface area contributed by atoms with Gasteiger partial charge >= 0.3 is 5.97 Å². The third kappa shape index (κ3) is 3.97. The Bertz CT molecular complexity index is 466. The number of carboxylic acids is 1. The van der Waals surface area contributed by atoms with Crippen molar-refractivity contribution < 1.29 is 24.2 Å². The number of aliphatic carboxylic acids is 1. The third-order valence-corrected chi connectivity index (χ3v) is 2.40. The standard InChI is InChI=1S/C11H11ClFNO4/c12-6-1-2-7(8(13)5-6)10(16)14-4-3-9(15)11(17)18/h1-2,5,9,15H,3-4H2,(H,14,16)(H,17,18)/t9-/m0/s1. The molecule has 0 spiro atoms. The molecule has 5 nitrogen and oxygen atoms in total. The van der Waals surface area contributed by atoms with Gasteiger partial charge in [-0.3, -0.25) is 4.79 Å². The van der Waals surface area contributed by atoms with Gasteiger partial charge in [0.05, 0.1) is 5.56 Å². The molecule has 0 aliphatic carbocycles. The Labute approximate surface area is 107 Å². The number of nitrogens with one attached hydrogen (secondary N) is 1. The lowest BCUT2D eigenvalue weighted by atomic mass is 10.2. The number of carbonyl (C=O) groups excluding carboxylic acids is 1. The summed E-state index contributed by atoms with van der Waals surface area (Å²) in [4.78, 5) is 21.8. The van der Waals surface area contributed by atoms with Crippen LogP contribution in [-0.2, 0) is 4.79 Å². The molecule has 0 radical (unpaired) electrons. The molecule has 18 heavy (non-hydrogen) atoms. The predicted molar refractivity (Wildman–Crippen MR) is 62.0 cm³/mol. The Kier molecular flexibility index (Phi) is 5.06. The van der Waals surface area contributed by atoms with E-state index in [1.807, 2.05) is 0 Å². The van der Waals surface area contributed by atoms with E-state index in [0.29, 0.717) is 0 Å². The molecule has 0 heterocycles. The van der Waals surface area contributed by atoms with Crippen LogP contribution < -0.4 is 5.32 Å². The summed E-state index contributed by atoms with van der Waals surface area (Å²) in [5.41, 5.74) is -0.191. The second kappa shape index (κ2) is 6.32. The van der Waals surface area contributed by atoms with Crippen LogP contribution in [0.5, 0.6) is 0 Å². The number of benzene rings is 1. The number of halogens is 2. The minimum atomic E-state index is -1.56. The van der Waals surface area contributed by atoms with E-state index in [1.165, 1.54) is 12.1 Å². The fourth-order valence-corrected chi connectivity index (χ4v) is 1.37. The molecule has 0 bridgehead atoms. The highest BCUT2D eigenvalue weighted by Gasteiger charge is 2.15. The van der Waals surface area contributed by atoms with E-state index in [4.69, 9.17) is 21.8 Å². The Hall–Kier alpha value is -1.66. The van der Waals surface area contributed by atoms with Crippen LogP contribution in [0.2, 0.25) is 5.02 Å². The van der Waals surface area contributed by atoms with Crippen molar-refractivity contribution in [2.24, 2.45) is 0 Å². The summed E-state index contributed by atoms with van der Waals surface area (Å²) in [7, 11) is 0. The van der Waals surface area contributed by atoms with Crippen molar-refractivity contribution in [3.05, 3.63) is 34.6 Å². The molecule has 0 unspecified atom stereocenters. The number of carbonyl (C=O) groups is 2. The molecule has 98 valence electrons. The normalized spacial score (nSPS) is 11.9. The zero-order valence-electron chi connectivity index (χ0n) is 9.19. The maximum absolute atomic E-state index is 13.3. The zero-order valence-corrected chi connectivity index (χ0v) is 9.95. The van der Waals surface area contributed by atoms with Gasteiger partial charge in [-0.2, -0.15) is 0 Å². The first kappa shape index (κ1) is 14.4. The van der Waals surface area contributed by atoms with Crippen LogP contribution >= 0.6 is 11.6 Å². The highest BCUT2D eigenvalue weighted by atomic mass is 35.5. The number of hydrogen-bond acceptors (Lipinski definition) is 3. The van der Waals surface area contributed by atoms with E-state index in [9.17, 15) is 14.0 Å². The number of amides is 1. The first-order valence-electron chi connectivity index (χ1n) is 5.06. The summed E-state index contributed by atoms with van der Waals surface area (Å²) in [6, 6.07) is 3.59. The van der Waals surface area contributed by atoms with Gasteiger partial charge < -0.3 is 15.5 Å². The topological polar surface area (TPSA) is 86.6 Å². The van der Waals surface area contributed by atoms with Gasteiger partial charge in [0, 0.05) is 18.0 Å². The van der Waals surface area contributed by atoms with Gasteiger partial charge in [-0.05, 0) is 18.2 Å². The van der Waals surface area contributed by atoms with Crippen LogP contribution in [0.3, 0.4) is 0 Å². The van der Waals surface area contributed by atoms with Crippen molar-refractivity contribution in [1.29, 1.82) is 0 Å². The van der Waals surface area contributed by atoms with Gasteiger partial charge in [0.15, 0.2) is 6.10 Å². The smallest absolute Gasteiger partial charge is 0.332 e. The van der Waals surface area contributed by atoms with E-state index in [1.54, 1.807) is 0 Å². The Balaban J connectivity index is 2.53. The molecule has 1 amide bonds. The Morgan fingerprint density at radius 1 is 1.44 bits per heavy atom. The molecular formula is C11H11ClFNO4. The number of carboxylic acid groups (broad SMARTS) is 1. The molecule has 1 rings (SSSR count). The Morgan fingerprint density at radius 2 is 2.11 bits per heavy atom. The average Bonchev–Trinajstić information content (AvgIpc) is 2.28. The zero-order chi connectivity index (χ0) is 13.7. The van der Waals surface area contributed by atoms with Gasteiger partial charge in [-0.1, -0.05) is 11.6 Å². The van der Waals surface area contributed by atoms with Gasteiger partial charge in [0.2, 0.25) is 0 Å². The van der Waals surface area contributed by atoms with Crippen LogP contribution in [-0.4, -0.2) is 34.7 Å². The van der Waals surface area contributed by atoms with E-state index in [0.717, 1.165) is 6.07 Å². The van der Waals surface area contributed by atoms with Crippen LogP contribution in [0.15, 0.2) is 18.2 Å². The largest absolute Gasteiger partial charge is 0.479 e. The van der Waals surface area contributed by atoms with Crippen molar-refractivity contribution in [3.8, 4) is 0 Å². The molecule has 0 aromatic heterocycles. The summed E-state index contributed by atoms with van der Waals surface area (Å²) in [5, 5.41) is 19.8. The SMILES string of the molecule is O=C(NCC[C@H](O)C(=O)O)c1ccc(Cl)cc1F. The van der Waals surface area contributed by atoms with Gasteiger partial charge in [-0.15, -0.1) is 0 Å². The van der Waals surface area contributed by atoms with Gasteiger partial charge in [0.1, 0.15) is 5.82 Å². The highest BCUT2D eigenvalue weighted by molar-refractivity contribution is 6.30. The summed E-state index contributed by atoms with van der Waals surface area (Å²) in [5.74, 6) is -2.83. The number of hydrogen-bond donors (Lipinski definition) is 3. The molecule has 3 N–H and O–H groups in total. The molecule has 1 atom stereocenters. The Morgan fingerprint density at radius 3 is 2.67 bits per heavy atom. The lowest BCUT2D eigenvalue weighted by Crippen LogP contribution is -2.30. The highest BCUT2D eigenvalue weighted by Crippen LogP contribution is 2.14. The maximum Gasteiger partial charge on any atom is 0.332 e. The van der Waals surface area contributed by atoms with Crippen molar-refractivity contribution >= 4 is 23.5 Å². The van der Waals surface area contributed by atoms with Crippen LogP contribution in [0.4, 0.5) is 4.39 Å². The molecule has 7 heteroatoms. The lowest BCUT2D eigenvalue weighted by Gasteiger charge is -2.08. The van der Waals surface area contributed by atoms with Crippen LogP contribution in [0.25, 0.3) is 0 Å².